The Balaban J connectivity index is 1.23. The Kier molecular flexibility index (Phi) is 6.34. The zero-order valence-corrected chi connectivity index (χ0v) is 19.1. The van der Waals surface area contributed by atoms with E-state index < -0.39 is 0 Å². The molecule has 0 radical (unpaired) electrons. The molecule has 0 saturated carbocycles. The molecule has 5 rings (SSSR count). The summed E-state index contributed by atoms with van der Waals surface area (Å²) in [6.07, 6.45) is 5.35. The van der Waals surface area contributed by atoms with E-state index >= 15 is 0 Å². The molecule has 33 heavy (non-hydrogen) atoms. The highest BCUT2D eigenvalue weighted by Crippen LogP contribution is 2.36. The van der Waals surface area contributed by atoms with E-state index in [1.807, 2.05) is 43.3 Å². The molecule has 8 nitrogen and oxygen atoms in total. The van der Waals surface area contributed by atoms with Crippen LogP contribution in [0.1, 0.15) is 16.0 Å². The molecule has 9 heteroatoms. The zero-order valence-electron chi connectivity index (χ0n) is 18.3. The summed E-state index contributed by atoms with van der Waals surface area (Å²) in [4.78, 5) is 15.9. The Morgan fingerprint density at radius 1 is 1.27 bits per heavy atom. The highest BCUT2D eigenvalue weighted by Gasteiger charge is 2.16. The normalized spacial score (nSPS) is 16.8. The lowest BCUT2D eigenvalue weighted by Crippen LogP contribution is -2.38. The summed E-state index contributed by atoms with van der Waals surface area (Å²) in [5.74, 6) is 1.52. The van der Waals surface area contributed by atoms with Crippen LogP contribution in [-0.2, 0) is 4.74 Å². The Labute approximate surface area is 196 Å². The van der Waals surface area contributed by atoms with Gasteiger partial charge in [0.1, 0.15) is 12.4 Å². The van der Waals surface area contributed by atoms with Gasteiger partial charge in [0.2, 0.25) is 5.88 Å². The number of thiazole rings is 1. The van der Waals surface area contributed by atoms with Gasteiger partial charge in [-0.05, 0) is 48.9 Å². The number of morpholine rings is 1. The highest BCUT2D eigenvalue weighted by atomic mass is 32.1. The monoisotopic (exact) mass is 463 g/mol. The lowest BCUT2D eigenvalue weighted by molar-refractivity contribution is 0.0322. The van der Waals surface area contributed by atoms with Crippen molar-refractivity contribution < 1.29 is 14.6 Å². The summed E-state index contributed by atoms with van der Waals surface area (Å²) in [5, 5.41) is 14.3. The van der Waals surface area contributed by atoms with Crippen molar-refractivity contribution in [3.05, 3.63) is 52.5 Å². The second-order valence-electron chi connectivity index (χ2n) is 7.84. The molecule has 1 saturated heterocycles. The highest BCUT2D eigenvalue weighted by molar-refractivity contribution is 7.16. The molecule has 0 spiro atoms. The summed E-state index contributed by atoms with van der Waals surface area (Å²) >= 11 is 1.38. The van der Waals surface area contributed by atoms with Crippen LogP contribution in [-0.4, -0.2) is 65.6 Å². The van der Waals surface area contributed by atoms with Gasteiger partial charge >= 0.3 is 0 Å². The number of ether oxygens (including phenoxy) is 2. The van der Waals surface area contributed by atoms with E-state index in [0.29, 0.717) is 22.4 Å². The Morgan fingerprint density at radius 2 is 2.15 bits per heavy atom. The van der Waals surface area contributed by atoms with Gasteiger partial charge in [0, 0.05) is 48.9 Å². The molecule has 2 aliphatic rings. The number of rotatable bonds is 7. The Hall–Kier alpha value is -3.27. The molecular formula is C24H25N5O3S. The first-order valence-corrected chi connectivity index (χ1v) is 11.7. The quantitative estimate of drug-likeness (QED) is 0.541. The van der Waals surface area contributed by atoms with Crippen LogP contribution in [0.5, 0.6) is 11.6 Å². The van der Waals surface area contributed by atoms with Crippen molar-refractivity contribution in [1.29, 1.82) is 0 Å². The van der Waals surface area contributed by atoms with Crippen LogP contribution in [0, 0.1) is 6.92 Å². The van der Waals surface area contributed by atoms with E-state index in [4.69, 9.17) is 9.47 Å². The fourth-order valence-electron chi connectivity index (χ4n) is 3.75. The molecule has 0 atom stereocenters. The SMILES string of the molecule is Cc1cc(OCCN2CCOCC2)ccc1Nc1nc(O)c(/C=C2\C=Nc3ncccc32)s1. The summed E-state index contributed by atoms with van der Waals surface area (Å²) < 4.78 is 11.3. The number of benzene rings is 1. The van der Waals surface area contributed by atoms with Crippen molar-refractivity contribution in [2.24, 2.45) is 4.99 Å². The van der Waals surface area contributed by atoms with Gasteiger partial charge in [-0.3, -0.25) is 4.90 Å². The lowest BCUT2D eigenvalue weighted by atomic mass is 10.1. The molecular weight excluding hydrogens is 438 g/mol. The smallest absolute Gasteiger partial charge is 0.231 e. The zero-order chi connectivity index (χ0) is 22.6. The molecule has 0 unspecified atom stereocenters. The molecule has 1 fully saturated rings. The number of aromatic hydroxyl groups is 1. The number of anilines is 2. The van der Waals surface area contributed by atoms with Crippen molar-refractivity contribution in [2.45, 2.75) is 6.92 Å². The Morgan fingerprint density at radius 3 is 3.00 bits per heavy atom. The maximum absolute atomic E-state index is 10.4. The largest absolute Gasteiger partial charge is 0.492 e. The van der Waals surface area contributed by atoms with Crippen molar-refractivity contribution in [1.82, 2.24) is 14.9 Å². The number of aryl methyl sites for hydroxylation is 1. The number of allylic oxidation sites excluding steroid dienone is 1. The van der Waals surface area contributed by atoms with Crippen molar-refractivity contribution in [2.75, 3.05) is 44.8 Å². The van der Waals surface area contributed by atoms with Crippen molar-refractivity contribution in [3.8, 4) is 11.6 Å². The van der Waals surface area contributed by atoms with Gasteiger partial charge in [-0.2, -0.15) is 4.98 Å². The molecule has 2 aliphatic heterocycles. The van der Waals surface area contributed by atoms with E-state index in [-0.39, 0.29) is 5.88 Å². The van der Waals surface area contributed by atoms with Gasteiger partial charge in [0.25, 0.3) is 0 Å². The summed E-state index contributed by atoms with van der Waals surface area (Å²) in [5.41, 5.74) is 3.80. The molecule has 0 amide bonds. The fraction of sp³-hybridized carbons (Fsp3) is 0.292. The van der Waals surface area contributed by atoms with E-state index in [0.717, 1.165) is 61.0 Å². The third-order valence-electron chi connectivity index (χ3n) is 5.56. The maximum Gasteiger partial charge on any atom is 0.231 e. The van der Waals surface area contributed by atoms with E-state index in [1.165, 1.54) is 11.3 Å². The third-order valence-corrected chi connectivity index (χ3v) is 6.47. The van der Waals surface area contributed by atoms with Gasteiger partial charge in [0.05, 0.1) is 18.1 Å². The lowest BCUT2D eigenvalue weighted by Gasteiger charge is -2.26. The number of fused-ring (bicyclic) bond motifs is 1. The van der Waals surface area contributed by atoms with Gasteiger partial charge < -0.3 is 19.9 Å². The van der Waals surface area contributed by atoms with Crippen LogP contribution in [0.3, 0.4) is 0 Å². The number of nitrogens with zero attached hydrogens (tertiary/aromatic N) is 4. The second-order valence-corrected chi connectivity index (χ2v) is 8.87. The predicted molar refractivity (Wildman–Crippen MR) is 131 cm³/mol. The summed E-state index contributed by atoms with van der Waals surface area (Å²) in [6, 6.07) is 9.77. The number of nitrogens with one attached hydrogen (secondary N) is 1. The minimum atomic E-state index is -0.0125. The van der Waals surface area contributed by atoms with E-state index in [9.17, 15) is 5.11 Å². The molecule has 170 valence electrons. The molecule has 1 aromatic carbocycles. The minimum absolute atomic E-state index is 0.0125. The third kappa shape index (κ3) is 5.05. The molecule has 2 aromatic heterocycles. The van der Waals surface area contributed by atoms with E-state index in [1.54, 1.807) is 12.4 Å². The Bertz CT molecular complexity index is 1200. The number of pyridine rings is 1. The van der Waals surface area contributed by atoms with Gasteiger partial charge in [-0.1, -0.05) is 11.3 Å². The van der Waals surface area contributed by atoms with Crippen molar-refractivity contribution in [3.63, 3.8) is 0 Å². The molecule has 0 bridgehead atoms. The standard InChI is InChI=1S/C24H25N5O3S/c1-16-13-18(32-12-9-29-7-10-31-11-8-29)4-5-20(16)27-24-28-23(30)21(33-24)14-17-15-26-22-19(17)3-2-6-25-22/h2-6,13-15,30H,7-12H2,1H3,(H,27,28)/b17-14+. The second kappa shape index (κ2) is 9.70. The van der Waals surface area contributed by atoms with Crippen LogP contribution in [0.15, 0.2) is 41.5 Å². The maximum atomic E-state index is 10.4. The number of aliphatic imine (C=N–C) groups is 1. The van der Waals surface area contributed by atoms with Crippen LogP contribution >= 0.6 is 11.3 Å². The van der Waals surface area contributed by atoms with Gasteiger partial charge in [0.15, 0.2) is 10.9 Å². The predicted octanol–water partition coefficient (Wildman–Crippen LogP) is 4.26. The first-order valence-electron chi connectivity index (χ1n) is 10.9. The first kappa shape index (κ1) is 21.6. The minimum Gasteiger partial charge on any atom is -0.492 e. The number of aromatic nitrogens is 2. The summed E-state index contributed by atoms with van der Waals surface area (Å²) in [6.45, 7) is 7.07. The van der Waals surface area contributed by atoms with Gasteiger partial charge in [-0.15, -0.1) is 0 Å². The first-order chi connectivity index (χ1) is 16.2. The average molecular weight is 464 g/mol. The molecule has 2 N–H and O–H groups in total. The van der Waals surface area contributed by atoms with Gasteiger partial charge in [-0.25, -0.2) is 9.98 Å². The van der Waals surface area contributed by atoms with Crippen LogP contribution < -0.4 is 10.1 Å². The molecule has 0 aliphatic carbocycles. The van der Waals surface area contributed by atoms with Crippen LogP contribution in [0.2, 0.25) is 0 Å². The number of hydrogen-bond acceptors (Lipinski definition) is 9. The number of hydrogen-bond donors (Lipinski definition) is 2. The van der Waals surface area contributed by atoms with Crippen LogP contribution in [0.25, 0.3) is 11.6 Å². The topological polar surface area (TPSA) is 92.1 Å². The fourth-order valence-corrected chi connectivity index (χ4v) is 4.58. The van der Waals surface area contributed by atoms with Crippen LogP contribution in [0.4, 0.5) is 16.6 Å². The average Bonchev–Trinajstić information content (AvgIpc) is 3.39. The molecule has 3 aromatic rings. The molecule has 4 heterocycles. The van der Waals surface area contributed by atoms with Crippen molar-refractivity contribution >= 4 is 45.8 Å². The summed E-state index contributed by atoms with van der Waals surface area (Å²) in [7, 11) is 0. The van der Waals surface area contributed by atoms with E-state index in [2.05, 4.69) is 25.2 Å².